The first-order valence-corrected chi connectivity index (χ1v) is 19.2. The summed E-state index contributed by atoms with van der Waals surface area (Å²) in [5.41, 5.74) is 6.13. The summed E-state index contributed by atoms with van der Waals surface area (Å²) in [5, 5.41) is 28.8. The highest BCUT2D eigenvalue weighted by molar-refractivity contribution is 6.00. The predicted molar refractivity (Wildman–Crippen MR) is 214 cm³/mol. The van der Waals surface area contributed by atoms with Gasteiger partial charge in [0.05, 0.1) is 13.1 Å². The van der Waals surface area contributed by atoms with Crippen LogP contribution in [0.4, 0.5) is 0 Å². The van der Waals surface area contributed by atoms with E-state index in [1.165, 1.54) is 6.92 Å². The monoisotopic (exact) mass is 829 g/mol. The van der Waals surface area contributed by atoms with Gasteiger partial charge in [0.2, 0.25) is 53.2 Å². The number of carbonyl (C=O) groups is 10. The summed E-state index contributed by atoms with van der Waals surface area (Å²) in [4.78, 5) is 125. The number of carboxylic acid groups (broad SMARTS) is 1. The molecular weight excluding hydrogens is 770 g/mol. The van der Waals surface area contributed by atoms with E-state index < -0.39 is 115 Å². The molecule has 0 heterocycles. The normalized spacial score (nSPS) is 14.1. The molecule has 59 heavy (non-hydrogen) atoms. The van der Waals surface area contributed by atoms with Crippen LogP contribution in [-0.4, -0.2) is 114 Å². The Kier molecular flexibility index (Phi) is 22.2. The van der Waals surface area contributed by atoms with Crippen molar-refractivity contribution in [2.45, 2.75) is 97.9 Å². The fraction of sp³-hybridized carbons (Fsp3) is 0.538. The van der Waals surface area contributed by atoms with Gasteiger partial charge in [0.25, 0.3) is 0 Å². The van der Waals surface area contributed by atoms with Crippen molar-refractivity contribution >= 4 is 59.1 Å². The zero-order valence-corrected chi connectivity index (χ0v) is 34.5. The van der Waals surface area contributed by atoms with Crippen molar-refractivity contribution in [1.29, 1.82) is 0 Å². The quantitative estimate of drug-likeness (QED) is 0.0476. The summed E-state index contributed by atoms with van der Waals surface area (Å²) in [5.74, 6) is -9.09. The lowest BCUT2D eigenvalue weighted by Crippen LogP contribution is -2.61. The van der Waals surface area contributed by atoms with Gasteiger partial charge in [-0.15, -0.1) is 0 Å². The fourth-order valence-electron chi connectivity index (χ4n) is 5.33. The van der Waals surface area contributed by atoms with Crippen LogP contribution in [0.1, 0.15) is 66.9 Å². The van der Waals surface area contributed by atoms with Gasteiger partial charge in [-0.25, -0.2) is 4.79 Å². The van der Waals surface area contributed by atoms with Crippen LogP contribution in [0.3, 0.4) is 0 Å². The van der Waals surface area contributed by atoms with E-state index in [0.29, 0.717) is 12.0 Å². The second-order valence-electron chi connectivity index (χ2n) is 14.7. The molecule has 0 aromatic heterocycles. The molecule has 20 nitrogen and oxygen atoms in total. The van der Waals surface area contributed by atoms with Crippen molar-refractivity contribution in [3.05, 3.63) is 48.0 Å². The van der Waals surface area contributed by atoms with Crippen LogP contribution >= 0.6 is 0 Å². The number of carbonyl (C=O) groups excluding carboxylic acids is 9. The number of aliphatic carboxylic acids is 1. The van der Waals surface area contributed by atoms with Gasteiger partial charge in [-0.1, -0.05) is 78.3 Å². The molecule has 0 fully saturated rings. The van der Waals surface area contributed by atoms with Gasteiger partial charge in [-0.05, 0) is 29.7 Å². The number of nitrogens with one attached hydrogen (secondary N) is 8. The molecule has 0 aliphatic heterocycles. The Bertz CT molecular complexity index is 1680. The summed E-state index contributed by atoms with van der Waals surface area (Å²) in [6, 6.07) is 2.62. The molecule has 20 heteroatoms. The van der Waals surface area contributed by atoms with E-state index in [-0.39, 0.29) is 24.7 Å². The summed E-state index contributed by atoms with van der Waals surface area (Å²) < 4.78 is 0. The number of hydrogen-bond acceptors (Lipinski definition) is 10. The third-order valence-corrected chi connectivity index (χ3v) is 8.76. The van der Waals surface area contributed by atoms with Gasteiger partial charge in [0, 0.05) is 32.0 Å². The Morgan fingerprint density at radius 1 is 0.661 bits per heavy atom. The number of benzene rings is 1. The Morgan fingerprint density at radius 2 is 1.24 bits per heavy atom. The summed E-state index contributed by atoms with van der Waals surface area (Å²) in [6.45, 7) is 10.1. The number of carboxylic acids is 1. The second kappa shape index (κ2) is 25.8. The van der Waals surface area contributed by atoms with Gasteiger partial charge in [-0.3, -0.25) is 43.2 Å². The molecule has 0 saturated carbocycles. The van der Waals surface area contributed by atoms with Gasteiger partial charge < -0.3 is 53.4 Å². The molecule has 11 N–H and O–H groups in total. The van der Waals surface area contributed by atoms with E-state index in [1.807, 2.05) is 13.8 Å². The highest BCUT2D eigenvalue weighted by atomic mass is 16.4. The van der Waals surface area contributed by atoms with Crippen LogP contribution in [-0.2, 0) is 54.4 Å². The third kappa shape index (κ3) is 20.1. The Morgan fingerprint density at radius 3 is 1.78 bits per heavy atom. The number of hydrogen-bond donors (Lipinski definition) is 10. The average molecular weight is 830 g/mol. The van der Waals surface area contributed by atoms with Gasteiger partial charge in [-0.2, -0.15) is 0 Å². The predicted octanol–water partition coefficient (Wildman–Crippen LogP) is -2.10. The van der Waals surface area contributed by atoms with Crippen LogP contribution in [0.15, 0.2) is 42.5 Å². The van der Waals surface area contributed by atoms with Crippen LogP contribution < -0.4 is 48.3 Å². The zero-order valence-electron chi connectivity index (χ0n) is 34.5. The van der Waals surface area contributed by atoms with Gasteiger partial charge >= 0.3 is 5.97 Å². The summed E-state index contributed by atoms with van der Waals surface area (Å²) in [6.07, 6.45) is 2.14. The molecule has 9 amide bonds. The van der Waals surface area contributed by atoms with Crippen molar-refractivity contribution in [3.8, 4) is 0 Å². The van der Waals surface area contributed by atoms with Gasteiger partial charge in [0.1, 0.15) is 30.2 Å². The maximum absolute atomic E-state index is 13.6. The first kappa shape index (κ1) is 50.7. The Hall–Kier alpha value is -6.34. The molecule has 1 aromatic carbocycles. The maximum atomic E-state index is 13.6. The molecule has 1 aromatic rings. The van der Waals surface area contributed by atoms with E-state index in [1.54, 1.807) is 58.0 Å². The van der Waals surface area contributed by atoms with Crippen LogP contribution in [0.2, 0.25) is 0 Å². The lowest BCUT2D eigenvalue weighted by atomic mass is 9.96. The maximum Gasteiger partial charge on any atom is 0.326 e. The largest absolute Gasteiger partial charge is 0.480 e. The third-order valence-electron chi connectivity index (χ3n) is 8.76. The first-order chi connectivity index (χ1) is 27.6. The number of primary amides is 1. The van der Waals surface area contributed by atoms with Gasteiger partial charge in [0.15, 0.2) is 0 Å². The minimum Gasteiger partial charge on any atom is -0.480 e. The van der Waals surface area contributed by atoms with Crippen molar-refractivity contribution in [2.75, 3.05) is 19.6 Å². The standard InChI is InChI=1S/C39H59N9O11/c1-8-23(6)34(38(57)46-26(16-21(2)3)36(55)47-33(22(4)5)35(40)54)48-37(56)28(18-41-24(7)49)45-30(51)15-14-29(50)42-19-31(52)43-20-32(53)44-27(39(58)59)17-25-12-10-9-11-13-25/h9-15,21-23,26-28,33-34H,8,16-20H2,1-7H3,(H2,40,54)(H,41,49)(H,42,50)(H,43,52)(H,44,53)(H,45,51)(H,46,57)(H,47,55)(H,48,56)(H,58,59). The SMILES string of the molecule is CCC(C)C(NC(=O)C(CNC(C)=O)NC(=O)C=CC(=O)NCC(=O)NCC(=O)NC(Cc1ccccc1)C(=O)O)C(=O)NC(CC(C)C)C(=O)NC(C(N)=O)C(C)C. The molecule has 1 rings (SSSR count). The molecule has 0 bridgehead atoms. The van der Waals surface area contributed by atoms with Crippen LogP contribution in [0.5, 0.6) is 0 Å². The van der Waals surface area contributed by atoms with Crippen molar-refractivity contribution in [3.63, 3.8) is 0 Å². The summed E-state index contributed by atoms with van der Waals surface area (Å²) in [7, 11) is 0. The molecule has 0 radical (unpaired) electrons. The van der Waals surface area contributed by atoms with E-state index in [4.69, 9.17) is 5.73 Å². The Labute approximate surface area is 343 Å². The second-order valence-corrected chi connectivity index (χ2v) is 14.7. The number of rotatable bonds is 25. The zero-order chi connectivity index (χ0) is 44.8. The van der Waals surface area contributed by atoms with E-state index in [9.17, 15) is 53.1 Å². The minimum atomic E-state index is -1.44. The molecule has 6 unspecified atom stereocenters. The molecule has 0 aliphatic rings. The highest BCUT2D eigenvalue weighted by Gasteiger charge is 2.34. The highest BCUT2D eigenvalue weighted by Crippen LogP contribution is 2.12. The molecule has 6 atom stereocenters. The van der Waals surface area contributed by atoms with Crippen molar-refractivity contribution in [1.82, 2.24) is 42.5 Å². The van der Waals surface area contributed by atoms with E-state index >= 15 is 0 Å². The van der Waals surface area contributed by atoms with E-state index in [0.717, 1.165) is 12.2 Å². The van der Waals surface area contributed by atoms with Crippen molar-refractivity contribution in [2.24, 2.45) is 23.5 Å². The number of nitrogens with two attached hydrogens (primary N) is 1. The Balaban J connectivity index is 2.90. The topological polar surface area (TPSA) is 313 Å². The van der Waals surface area contributed by atoms with Crippen LogP contribution in [0.25, 0.3) is 0 Å². The fourth-order valence-corrected chi connectivity index (χ4v) is 5.33. The lowest BCUT2D eigenvalue weighted by molar-refractivity contribution is -0.141. The number of amides is 9. The van der Waals surface area contributed by atoms with Crippen LogP contribution in [0, 0.1) is 17.8 Å². The average Bonchev–Trinajstić information content (AvgIpc) is 3.16. The summed E-state index contributed by atoms with van der Waals surface area (Å²) >= 11 is 0. The molecule has 0 spiro atoms. The lowest BCUT2D eigenvalue weighted by Gasteiger charge is -2.29. The first-order valence-electron chi connectivity index (χ1n) is 19.2. The van der Waals surface area contributed by atoms with Crippen molar-refractivity contribution < 1.29 is 53.1 Å². The molecule has 0 saturated heterocycles. The molecule has 326 valence electrons. The molecule has 0 aliphatic carbocycles. The molecular formula is C39H59N9O11. The smallest absolute Gasteiger partial charge is 0.326 e. The minimum absolute atomic E-state index is 0.0152. The van der Waals surface area contributed by atoms with E-state index in [2.05, 4.69) is 42.5 Å².